The summed E-state index contributed by atoms with van der Waals surface area (Å²) in [5.74, 6) is 0. The van der Waals surface area contributed by atoms with Crippen LogP contribution in [0.4, 0.5) is 0 Å². The number of ether oxygens (including phenoxy) is 1. The number of hydrogen-bond acceptors (Lipinski definition) is 6. The summed E-state index contributed by atoms with van der Waals surface area (Å²) in [5, 5.41) is 3.24. The lowest BCUT2D eigenvalue weighted by molar-refractivity contribution is -0.138. The van der Waals surface area contributed by atoms with Gasteiger partial charge in [0.25, 0.3) is 6.47 Å². The summed E-state index contributed by atoms with van der Waals surface area (Å²) in [7, 11) is -3.02. The van der Waals surface area contributed by atoms with Crippen LogP contribution in [0, 0.1) is 0 Å². The van der Waals surface area contributed by atoms with Crippen LogP contribution in [-0.2, 0) is 19.6 Å². The molecule has 0 bridgehead atoms. The first-order valence-electron chi connectivity index (χ1n) is 6.63. The Balaban J connectivity index is 0.000000441. The van der Waals surface area contributed by atoms with Crippen LogP contribution in [0.1, 0.15) is 20.8 Å². The Labute approximate surface area is 122 Å². The Kier molecular flexibility index (Phi) is 8.95. The van der Waals surface area contributed by atoms with Gasteiger partial charge in [-0.1, -0.05) is 0 Å². The minimum Gasteiger partial charge on any atom is -0.462 e. The second-order valence-corrected chi connectivity index (χ2v) is 7.42. The lowest BCUT2D eigenvalue weighted by atomic mass is 10.2. The third-order valence-corrected chi connectivity index (χ3v) is 3.13. The van der Waals surface area contributed by atoms with Gasteiger partial charge in [-0.3, -0.25) is 9.69 Å². The minimum absolute atomic E-state index is 0.318. The second-order valence-electron chi connectivity index (χ2n) is 5.58. The molecule has 0 radical (unpaired) electrons. The quantitative estimate of drug-likeness (QED) is 0.659. The van der Waals surface area contributed by atoms with Gasteiger partial charge in [0.15, 0.2) is 0 Å². The van der Waals surface area contributed by atoms with Crippen molar-refractivity contribution in [2.45, 2.75) is 26.4 Å². The molecule has 120 valence electrons. The molecule has 0 spiro atoms. The highest BCUT2D eigenvalue weighted by Crippen LogP contribution is 2.02. The third-order valence-electron chi connectivity index (χ3n) is 2.40. The van der Waals surface area contributed by atoms with E-state index in [1.54, 1.807) is 0 Å². The molecule has 7 nitrogen and oxygen atoms in total. The first kappa shape index (κ1) is 19.3. The van der Waals surface area contributed by atoms with Crippen LogP contribution in [0.5, 0.6) is 0 Å². The summed E-state index contributed by atoms with van der Waals surface area (Å²) in [5.41, 5.74) is -0.318. The number of rotatable bonds is 5. The molecule has 1 saturated heterocycles. The summed E-state index contributed by atoms with van der Waals surface area (Å²) in [6.45, 7) is 11.2. The molecule has 1 heterocycles. The minimum atomic E-state index is -3.02. The molecule has 1 fully saturated rings. The van der Waals surface area contributed by atoms with E-state index in [1.807, 2.05) is 20.8 Å². The molecule has 2 N–H and O–H groups in total. The molecule has 20 heavy (non-hydrogen) atoms. The summed E-state index contributed by atoms with van der Waals surface area (Å²) < 4.78 is 28.5. The van der Waals surface area contributed by atoms with Gasteiger partial charge in [-0.2, -0.15) is 0 Å². The van der Waals surface area contributed by atoms with Crippen molar-refractivity contribution in [2.75, 3.05) is 45.5 Å². The fourth-order valence-corrected chi connectivity index (χ4v) is 1.93. The molecule has 0 aromatic carbocycles. The lowest BCUT2D eigenvalue weighted by Gasteiger charge is -2.26. The van der Waals surface area contributed by atoms with E-state index < -0.39 is 10.0 Å². The van der Waals surface area contributed by atoms with E-state index in [-0.39, 0.29) is 5.60 Å². The molecule has 0 aromatic rings. The summed E-state index contributed by atoms with van der Waals surface area (Å²) in [6.07, 6.45) is 1.19. The first-order chi connectivity index (χ1) is 9.14. The lowest BCUT2D eigenvalue weighted by Crippen LogP contribution is -2.46. The fraction of sp³-hybridized carbons (Fsp3) is 0.917. The molecule has 1 rings (SSSR count). The maximum absolute atomic E-state index is 10.7. The zero-order valence-electron chi connectivity index (χ0n) is 12.8. The number of nitrogens with zero attached hydrogens (tertiary/aromatic N) is 1. The van der Waals surface area contributed by atoms with Crippen molar-refractivity contribution >= 4 is 16.5 Å². The van der Waals surface area contributed by atoms with Gasteiger partial charge in [0.1, 0.15) is 5.60 Å². The maximum atomic E-state index is 10.7. The number of piperazine rings is 1. The van der Waals surface area contributed by atoms with Gasteiger partial charge in [-0.05, 0) is 20.8 Å². The van der Waals surface area contributed by atoms with Gasteiger partial charge in [0.2, 0.25) is 10.0 Å². The molecule has 0 saturated carbocycles. The van der Waals surface area contributed by atoms with Gasteiger partial charge in [0, 0.05) is 39.3 Å². The van der Waals surface area contributed by atoms with Crippen LogP contribution in [0.15, 0.2) is 0 Å². The summed E-state index contributed by atoms with van der Waals surface area (Å²) in [6, 6.07) is 0. The van der Waals surface area contributed by atoms with Crippen molar-refractivity contribution in [1.82, 2.24) is 14.9 Å². The average molecular weight is 309 g/mol. The van der Waals surface area contributed by atoms with E-state index >= 15 is 0 Å². The number of carbonyl (C=O) groups is 1. The van der Waals surface area contributed by atoms with Crippen molar-refractivity contribution < 1.29 is 17.9 Å². The smallest absolute Gasteiger partial charge is 0.293 e. The zero-order valence-corrected chi connectivity index (χ0v) is 13.6. The highest BCUT2D eigenvalue weighted by molar-refractivity contribution is 7.88. The highest BCUT2D eigenvalue weighted by atomic mass is 32.2. The number of hydrogen-bond donors (Lipinski definition) is 2. The molecule has 1 aliphatic heterocycles. The van der Waals surface area contributed by atoms with Crippen LogP contribution < -0.4 is 10.0 Å². The Morgan fingerprint density at radius 1 is 1.30 bits per heavy atom. The Morgan fingerprint density at radius 3 is 2.20 bits per heavy atom. The van der Waals surface area contributed by atoms with Crippen LogP contribution >= 0.6 is 0 Å². The van der Waals surface area contributed by atoms with Gasteiger partial charge in [0.05, 0.1) is 6.26 Å². The standard InChI is InChI=1S/C7H17N3O2S.C5H10O2/c1-13(11,12)9-4-7-10-5-2-8-3-6-10;1-5(2,3)7-4-6/h8-9H,2-7H2,1H3;4H,1-3H3. The highest BCUT2D eigenvalue weighted by Gasteiger charge is 2.09. The number of carbonyl (C=O) groups excluding carboxylic acids is 1. The topological polar surface area (TPSA) is 87.7 Å². The van der Waals surface area contributed by atoms with Crippen LogP contribution in [0.2, 0.25) is 0 Å². The van der Waals surface area contributed by atoms with Crippen molar-refractivity contribution in [2.24, 2.45) is 0 Å². The molecular formula is C12H27N3O4S. The van der Waals surface area contributed by atoms with Crippen molar-refractivity contribution in [1.29, 1.82) is 0 Å². The van der Waals surface area contributed by atoms with Gasteiger partial charge < -0.3 is 10.1 Å². The second kappa shape index (κ2) is 9.28. The summed E-state index contributed by atoms with van der Waals surface area (Å²) >= 11 is 0. The molecule has 1 aliphatic rings. The van der Waals surface area contributed by atoms with E-state index in [2.05, 4.69) is 19.7 Å². The van der Waals surface area contributed by atoms with E-state index in [4.69, 9.17) is 0 Å². The third kappa shape index (κ3) is 13.7. The Bertz CT molecular complexity index is 359. The van der Waals surface area contributed by atoms with E-state index in [9.17, 15) is 13.2 Å². The number of nitrogens with one attached hydrogen (secondary N) is 2. The Morgan fingerprint density at radius 2 is 1.85 bits per heavy atom. The molecule has 8 heteroatoms. The molecule has 0 aliphatic carbocycles. The number of sulfonamides is 1. The summed E-state index contributed by atoms with van der Waals surface area (Å²) in [4.78, 5) is 11.8. The molecule has 0 aromatic heterocycles. The van der Waals surface area contributed by atoms with E-state index in [0.29, 0.717) is 13.0 Å². The maximum Gasteiger partial charge on any atom is 0.293 e. The SMILES string of the molecule is CC(C)(C)OC=O.CS(=O)(=O)NCCN1CCNCC1. The normalized spacial score (nSPS) is 17.0. The van der Waals surface area contributed by atoms with Crippen molar-refractivity contribution in [3.05, 3.63) is 0 Å². The predicted octanol–water partition coefficient (Wildman–Crippen LogP) is -0.601. The molecule has 0 unspecified atom stereocenters. The first-order valence-corrected chi connectivity index (χ1v) is 8.52. The largest absolute Gasteiger partial charge is 0.462 e. The van der Waals surface area contributed by atoms with Crippen LogP contribution in [0.25, 0.3) is 0 Å². The van der Waals surface area contributed by atoms with Crippen LogP contribution in [0.3, 0.4) is 0 Å². The molecular weight excluding hydrogens is 282 g/mol. The van der Waals surface area contributed by atoms with Crippen molar-refractivity contribution in [3.63, 3.8) is 0 Å². The van der Waals surface area contributed by atoms with E-state index in [1.165, 1.54) is 6.26 Å². The van der Waals surface area contributed by atoms with Gasteiger partial charge in [-0.25, -0.2) is 13.1 Å². The fourth-order valence-electron chi connectivity index (χ4n) is 1.47. The zero-order chi connectivity index (χ0) is 15.6. The predicted molar refractivity (Wildman–Crippen MR) is 79.1 cm³/mol. The Hall–Kier alpha value is -0.700. The van der Waals surface area contributed by atoms with Crippen LogP contribution in [-0.4, -0.2) is 70.9 Å². The molecule has 0 amide bonds. The monoisotopic (exact) mass is 309 g/mol. The van der Waals surface area contributed by atoms with Gasteiger partial charge >= 0.3 is 0 Å². The molecule has 0 atom stereocenters. The van der Waals surface area contributed by atoms with Gasteiger partial charge in [-0.15, -0.1) is 0 Å². The van der Waals surface area contributed by atoms with E-state index in [0.717, 1.165) is 32.7 Å². The average Bonchev–Trinajstić information content (AvgIpc) is 2.28. The van der Waals surface area contributed by atoms with Crippen molar-refractivity contribution in [3.8, 4) is 0 Å².